The first-order valence-electron chi connectivity index (χ1n) is 12.5. The van der Waals surface area contributed by atoms with Gasteiger partial charge in [-0.05, 0) is 49.7 Å². The van der Waals surface area contributed by atoms with E-state index in [9.17, 15) is 9.59 Å². The van der Waals surface area contributed by atoms with Crippen molar-refractivity contribution >= 4 is 11.8 Å². The topological polar surface area (TPSA) is 49.9 Å². The van der Waals surface area contributed by atoms with Crippen molar-refractivity contribution in [3.05, 3.63) is 29.8 Å². The fourth-order valence-corrected chi connectivity index (χ4v) is 6.29. The van der Waals surface area contributed by atoms with Gasteiger partial charge in [-0.15, -0.1) is 0 Å². The van der Waals surface area contributed by atoms with E-state index in [2.05, 4.69) is 23.1 Å². The Morgan fingerprint density at radius 1 is 0.871 bits per heavy atom. The van der Waals surface area contributed by atoms with E-state index in [0.717, 1.165) is 70.5 Å². The second-order valence-electron chi connectivity index (χ2n) is 10.3. The zero-order valence-electron chi connectivity index (χ0n) is 18.7. The van der Waals surface area contributed by atoms with Crippen molar-refractivity contribution in [1.82, 2.24) is 9.80 Å². The molecule has 5 rings (SSSR count). The standard InChI is InChI=1S/C26H36N2O3/c29-24(17-20-7-1-2-8-20)28-15-11-26(12-16-28)19-21(18-25(30)27-13-5-6-14-27)22-9-3-4-10-23(22)31-26/h3-4,9-10,20-21H,1-2,5-8,11-19H2/t21-/m1/s1. The summed E-state index contributed by atoms with van der Waals surface area (Å²) >= 11 is 0. The molecule has 3 aliphatic heterocycles. The molecule has 168 valence electrons. The van der Waals surface area contributed by atoms with Gasteiger partial charge in [-0.1, -0.05) is 31.0 Å². The van der Waals surface area contributed by atoms with Crippen molar-refractivity contribution in [3.63, 3.8) is 0 Å². The van der Waals surface area contributed by atoms with Gasteiger partial charge in [0.05, 0.1) is 0 Å². The Hall–Kier alpha value is -2.04. The van der Waals surface area contributed by atoms with Gasteiger partial charge in [0.1, 0.15) is 11.4 Å². The maximum Gasteiger partial charge on any atom is 0.223 e. The highest BCUT2D eigenvalue weighted by molar-refractivity contribution is 5.78. The Morgan fingerprint density at radius 2 is 1.52 bits per heavy atom. The molecule has 3 heterocycles. The van der Waals surface area contributed by atoms with Crippen LogP contribution >= 0.6 is 0 Å². The molecule has 1 aromatic carbocycles. The van der Waals surface area contributed by atoms with Crippen molar-refractivity contribution in [3.8, 4) is 5.75 Å². The van der Waals surface area contributed by atoms with E-state index < -0.39 is 0 Å². The molecule has 0 aromatic heterocycles. The summed E-state index contributed by atoms with van der Waals surface area (Å²) in [5, 5.41) is 0. The normalized spacial score (nSPS) is 25.5. The molecule has 1 spiro atoms. The number of rotatable bonds is 4. The molecular formula is C26H36N2O3. The molecule has 31 heavy (non-hydrogen) atoms. The fourth-order valence-electron chi connectivity index (χ4n) is 6.29. The van der Waals surface area contributed by atoms with E-state index >= 15 is 0 Å². The Morgan fingerprint density at radius 3 is 2.26 bits per heavy atom. The van der Waals surface area contributed by atoms with Gasteiger partial charge in [-0.2, -0.15) is 0 Å². The van der Waals surface area contributed by atoms with Gasteiger partial charge in [-0.25, -0.2) is 0 Å². The number of amides is 2. The molecule has 2 saturated heterocycles. The van der Waals surface area contributed by atoms with Crippen molar-refractivity contribution < 1.29 is 14.3 Å². The number of carbonyl (C=O) groups excluding carboxylic acids is 2. The average Bonchev–Trinajstić information content (AvgIpc) is 3.49. The van der Waals surface area contributed by atoms with E-state index in [-0.39, 0.29) is 11.5 Å². The predicted molar refractivity (Wildman–Crippen MR) is 120 cm³/mol. The van der Waals surface area contributed by atoms with Crippen molar-refractivity contribution in [2.75, 3.05) is 26.2 Å². The molecule has 1 saturated carbocycles. The first kappa shape index (κ1) is 20.8. The minimum absolute atomic E-state index is 0.207. The van der Waals surface area contributed by atoms with E-state index in [4.69, 9.17) is 4.74 Å². The smallest absolute Gasteiger partial charge is 0.223 e. The molecular weight excluding hydrogens is 388 g/mol. The number of hydrogen-bond acceptors (Lipinski definition) is 3. The Kier molecular flexibility index (Phi) is 5.94. The predicted octanol–water partition coefficient (Wildman–Crippen LogP) is 4.51. The zero-order chi connectivity index (χ0) is 21.3. The Bertz CT molecular complexity index is 803. The third kappa shape index (κ3) is 4.47. The minimum atomic E-state index is -0.242. The molecule has 1 atom stereocenters. The van der Waals surface area contributed by atoms with Crippen LogP contribution in [0.1, 0.15) is 82.1 Å². The van der Waals surface area contributed by atoms with Crippen LogP contribution in [0.2, 0.25) is 0 Å². The molecule has 3 fully saturated rings. The summed E-state index contributed by atoms with van der Waals surface area (Å²) in [5.41, 5.74) is 0.939. The molecule has 4 aliphatic rings. The summed E-state index contributed by atoms with van der Waals surface area (Å²) in [6.07, 6.45) is 11.2. The minimum Gasteiger partial charge on any atom is -0.487 e. The lowest BCUT2D eigenvalue weighted by Gasteiger charge is -2.47. The lowest BCUT2D eigenvalue weighted by Crippen LogP contribution is -2.52. The molecule has 0 N–H and O–H groups in total. The summed E-state index contributed by atoms with van der Waals surface area (Å²) in [5.74, 6) is 2.37. The van der Waals surface area contributed by atoms with Gasteiger partial charge in [0.2, 0.25) is 11.8 Å². The second kappa shape index (κ2) is 8.84. The van der Waals surface area contributed by atoms with Crippen LogP contribution in [0.15, 0.2) is 24.3 Å². The number of piperidine rings is 1. The molecule has 0 radical (unpaired) electrons. The number of ether oxygens (including phenoxy) is 1. The molecule has 2 amide bonds. The maximum absolute atomic E-state index is 12.9. The van der Waals surface area contributed by atoms with Gasteiger partial charge in [0, 0.05) is 57.8 Å². The zero-order valence-corrected chi connectivity index (χ0v) is 18.7. The van der Waals surface area contributed by atoms with Crippen molar-refractivity contribution in [2.45, 2.75) is 82.1 Å². The molecule has 1 aromatic rings. The Balaban J connectivity index is 1.25. The van der Waals surface area contributed by atoms with Gasteiger partial charge >= 0.3 is 0 Å². The lowest BCUT2D eigenvalue weighted by atomic mass is 9.76. The first-order valence-corrected chi connectivity index (χ1v) is 12.5. The van der Waals surface area contributed by atoms with Gasteiger partial charge in [-0.3, -0.25) is 9.59 Å². The second-order valence-corrected chi connectivity index (χ2v) is 10.3. The van der Waals surface area contributed by atoms with Crippen molar-refractivity contribution in [1.29, 1.82) is 0 Å². The molecule has 0 unspecified atom stereocenters. The summed E-state index contributed by atoms with van der Waals surface area (Å²) in [7, 11) is 0. The average molecular weight is 425 g/mol. The third-order valence-corrected chi connectivity index (χ3v) is 8.15. The number of carbonyl (C=O) groups is 2. The Labute approximate surface area is 186 Å². The summed E-state index contributed by atoms with van der Waals surface area (Å²) < 4.78 is 6.60. The van der Waals surface area contributed by atoms with E-state index in [1.807, 2.05) is 11.0 Å². The van der Waals surface area contributed by atoms with Gasteiger partial charge in [0.15, 0.2) is 0 Å². The molecule has 5 nitrogen and oxygen atoms in total. The lowest BCUT2D eigenvalue weighted by molar-refractivity contribution is -0.136. The monoisotopic (exact) mass is 424 g/mol. The molecule has 1 aliphatic carbocycles. The summed E-state index contributed by atoms with van der Waals surface area (Å²) in [6.45, 7) is 3.38. The van der Waals surface area contributed by atoms with Crippen LogP contribution in [0.25, 0.3) is 0 Å². The van der Waals surface area contributed by atoms with Crippen LogP contribution in [-0.4, -0.2) is 53.4 Å². The number of hydrogen-bond donors (Lipinski definition) is 0. The van der Waals surface area contributed by atoms with Crippen LogP contribution < -0.4 is 4.74 Å². The highest BCUT2D eigenvalue weighted by Crippen LogP contribution is 2.47. The van der Waals surface area contributed by atoms with E-state index in [1.165, 1.54) is 31.2 Å². The van der Waals surface area contributed by atoms with Crippen LogP contribution in [0.5, 0.6) is 5.75 Å². The van der Waals surface area contributed by atoms with Gasteiger partial charge in [0.25, 0.3) is 0 Å². The van der Waals surface area contributed by atoms with Gasteiger partial charge < -0.3 is 14.5 Å². The largest absolute Gasteiger partial charge is 0.487 e. The fraction of sp³-hybridized carbons (Fsp3) is 0.692. The molecule has 0 bridgehead atoms. The quantitative estimate of drug-likeness (QED) is 0.715. The number of likely N-dealkylation sites (tertiary alicyclic amines) is 2. The highest BCUT2D eigenvalue weighted by atomic mass is 16.5. The first-order chi connectivity index (χ1) is 15.1. The third-order valence-electron chi connectivity index (χ3n) is 8.15. The number of nitrogens with zero attached hydrogens (tertiary/aromatic N) is 2. The number of fused-ring (bicyclic) bond motifs is 1. The summed E-state index contributed by atoms with van der Waals surface area (Å²) in [4.78, 5) is 29.9. The maximum atomic E-state index is 12.9. The summed E-state index contributed by atoms with van der Waals surface area (Å²) in [6, 6.07) is 8.26. The van der Waals surface area contributed by atoms with Crippen LogP contribution in [0.3, 0.4) is 0 Å². The van der Waals surface area contributed by atoms with E-state index in [1.54, 1.807) is 0 Å². The van der Waals surface area contributed by atoms with Crippen LogP contribution in [0, 0.1) is 5.92 Å². The van der Waals surface area contributed by atoms with E-state index in [0.29, 0.717) is 24.2 Å². The van der Waals surface area contributed by atoms with Crippen LogP contribution in [-0.2, 0) is 9.59 Å². The molecule has 5 heteroatoms. The highest BCUT2D eigenvalue weighted by Gasteiger charge is 2.44. The SMILES string of the molecule is O=C(CC1CCCC1)N1CCC2(CC1)C[C@@H](CC(=O)N1CCCC1)c1ccccc1O2. The number of benzene rings is 1. The van der Waals surface area contributed by atoms with Crippen LogP contribution in [0.4, 0.5) is 0 Å². The number of para-hydroxylation sites is 1. The van der Waals surface area contributed by atoms with Crippen molar-refractivity contribution in [2.24, 2.45) is 5.92 Å².